The van der Waals surface area contributed by atoms with E-state index in [-0.39, 0.29) is 17.3 Å². The molecule has 2 aromatic carbocycles. The van der Waals surface area contributed by atoms with Gasteiger partial charge in [-0.2, -0.15) is 0 Å². The normalized spacial score (nSPS) is 17.7. The first-order valence-corrected chi connectivity index (χ1v) is 7.76. The summed E-state index contributed by atoms with van der Waals surface area (Å²) in [4.78, 5) is 21.4. The number of fused-ring (bicyclic) bond motifs is 3. The molecule has 1 aliphatic carbocycles. The maximum Gasteiger partial charge on any atom is 0.292 e. The Morgan fingerprint density at radius 1 is 1.00 bits per heavy atom. The number of benzene rings is 2. The number of non-ortho nitro benzene ring substituents is 1. The van der Waals surface area contributed by atoms with Crippen LogP contribution >= 0.6 is 0 Å². The molecule has 1 N–H and O–H groups in total. The molecule has 1 heterocycles. The Labute approximate surface area is 142 Å². The molecule has 25 heavy (non-hydrogen) atoms. The molecule has 0 saturated carbocycles. The summed E-state index contributed by atoms with van der Waals surface area (Å²) in [5.74, 6) is 0.0568. The van der Waals surface area contributed by atoms with Crippen molar-refractivity contribution in [1.82, 2.24) is 0 Å². The molecule has 2 aromatic rings. The largest absolute Gasteiger partial charge is 0.349 e. The quantitative estimate of drug-likeness (QED) is 0.663. The van der Waals surface area contributed by atoms with Crippen molar-refractivity contribution in [3.05, 3.63) is 91.5 Å². The summed E-state index contributed by atoms with van der Waals surface area (Å²) in [5.41, 5.74) is 4.01. The Morgan fingerprint density at radius 2 is 1.76 bits per heavy atom. The molecule has 1 atom stereocenters. The first kappa shape index (κ1) is 15.1. The molecule has 2 aliphatic rings. The Bertz CT molecular complexity index is 961. The molecule has 0 spiro atoms. The van der Waals surface area contributed by atoms with Gasteiger partial charge in [-0.1, -0.05) is 24.3 Å². The van der Waals surface area contributed by atoms with E-state index in [0.717, 1.165) is 28.8 Å². The standard InChI is InChI=1S/C18H13N3O4/c22-20(23)12-9-7-11(8-10-12)17-14-4-1-3-13(14)15-5-2-6-16(21(24)25)18(15)19-17/h1-2,4-10,13,19H,3H2. The minimum atomic E-state index is -0.450. The zero-order valence-electron chi connectivity index (χ0n) is 13.0. The SMILES string of the molecule is O=[N+]([O-])c1ccc(C2=C3C=CCC3c3cccc([N+](=O)[O-])c3N2)cc1. The van der Waals surface area contributed by atoms with Crippen LogP contribution in [-0.2, 0) is 0 Å². The molecule has 0 radical (unpaired) electrons. The average molecular weight is 335 g/mol. The zero-order chi connectivity index (χ0) is 17.6. The highest BCUT2D eigenvalue weighted by Gasteiger charge is 2.33. The van der Waals surface area contributed by atoms with E-state index in [2.05, 4.69) is 5.32 Å². The van der Waals surface area contributed by atoms with Gasteiger partial charge in [0, 0.05) is 29.8 Å². The minimum Gasteiger partial charge on any atom is -0.349 e. The van der Waals surface area contributed by atoms with Gasteiger partial charge in [-0.05, 0) is 35.3 Å². The zero-order valence-corrected chi connectivity index (χ0v) is 13.0. The molecule has 1 unspecified atom stereocenters. The molecule has 0 fully saturated rings. The van der Waals surface area contributed by atoms with Crippen molar-refractivity contribution in [2.24, 2.45) is 0 Å². The lowest BCUT2D eigenvalue weighted by Gasteiger charge is -2.27. The van der Waals surface area contributed by atoms with Crippen molar-refractivity contribution in [3.8, 4) is 0 Å². The first-order chi connectivity index (χ1) is 12.1. The summed E-state index contributed by atoms with van der Waals surface area (Å²) in [5, 5.41) is 25.4. The van der Waals surface area contributed by atoms with Crippen LogP contribution in [0.3, 0.4) is 0 Å². The summed E-state index contributed by atoms with van der Waals surface area (Å²) >= 11 is 0. The van der Waals surface area contributed by atoms with Crippen molar-refractivity contribution < 1.29 is 9.85 Å². The van der Waals surface area contributed by atoms with Crippen LogP contribution in [0.5, 0.6) is 0 Å². The number of anilines is 1. The topological polar surface area (TPSA) is 98.3 Å². The third-order valence-electron chi connectivity index (χ3n) is 4.60. The molecule has 124 valence electrons. The molecule has 0 aromatic heterocycles. The van der Waals surface area contributed by atoms with Gasteiger partial charge in [0.1, 0.15) is 5.69 Å². The van der Waals surface area contributed by atoms with Crippen LogP contribution in [0.25, 0.3) is 5.70 Å². The van der Waals surface area contributed by atoms with Gasteiger partial charge in [-0.25, -0.2) is 0 Å². The van der Waals surface area contributed by atoms with Crippen LogP contribution in [0.15, 0.2) is 60.2 Å². The highest BCUT2D eigenvalue weighted by Crippen LogP contribution is 2.48. The molecule has 0 saturated heterocycles. The lowest BCUT2D eigenvalue weighted by Crippen LogP contribution is -2.15. The summed E-state index contributed by atoms with van der Waals surface area (Å²) in [7, 11) is 0. The van der Waals surface area contributed by atoms with E-state index in [0.29, 0.717) is 5.69 Å². The predicted octanol–water partition coefficient (Wildman–Crippen LogP) is 4.38. The Balaban J connectivity index is 1.85. The van der Waals surface area contributed by atoms with E-state index < -0.39 is 9.85 Å². The third-order valence-corrected chi connectivity index (χ3v) is 4.60. The number of para-hydroxylation sites is 1. The van der Waals surface area contributed by atoms with E-state index >= 15 is 0 Å². The monoisotopic (exact) mass is 335 g/mol. The third kappa shape index (κ3) is 2.37. The summed E-state index contributed by atoms with van der Waals surface area (Å²) < 4.78 is 0. The minimum absolute atomic E-state index is 0.00931. The molecule has 0 amide bonds. The first-order valence-electron chi connectivity index (χ1n) is 7.76. The molecule has 0 bridgehead atoms. The van der Waals surface area contributed by atoms with Gasteiger partial charge in [0.2, 0.25) is 0 Å². The fraction of sp³-hybridized carbons (Fsp3) is 0.111. The van der Waals surface area contributed by atoms with Crippen molar-refractivity contribution in [1.29, 1.82) is 0 Å². The highest BCUT2D eigenvalue weighted by atomic mass is 16.6. The smallest absolute Gasteiger partial charge is 0.292 e. The average Bonchev–Trinajstić information content (AvgIpc) is 3.10. The van der Waals surface area contributed by atoms with E-state index in [9.17, 15) is 20.2 Å². The Kier molecular flexibility index (Phi) is 3.35. The van der Waals surface area contributed by atoms with Crippen LogP contribution < -0.4 is 5.32 Å². The lowest BCUT2D eigenvalue weighted by atomic mass is 9.85. The van der Waals surface area contributed by atoms with Gasteiger partial charge < -0.3 is 5.32 Å². The van der Waals surface area contributed by atoms with Crippen molar-refractivity contribution in [3.63, 3.8) is 0 Å². The summed E-state index contributed by atoms with van der Waals surface area (Å²) in [6.45, 7) is 0. The maximum absolute atomic E-state index is 11.4. The fourth-order valence-electron chi connectivity index (χ4n) is 3.45. The fourth-order valence-corrected chi connectivity index (χ4v) is 3.45. The number of rotatable bonds is 3. The van der Waals surface area contributed by atoms with Crippen molar-refractivity contribution in [2.45, 2.75) is 12.3 Å². The lowest BCUT2D eigenvalue weighted by molar-refractivity contribution is -0.384. The number of hydrogen-bond acceptors (Lipinski definition) is 5. The molecular formula is C18H13N3O4. The van der Waals surface area contributed by atoms with Crippen LogP contribution in [0, 0.1) is 20.2 Å². The van der Waals surface area contributed by atoms with E-state index in [1.165, 1.54) is 18.2 Å². The predicted molar refractivity (Wildman–Crippen MR) is 93.2 cm³/mol. The van der Waals surface area contributed by atoms with Crippen LogP contribution in [0.4, 0.5) is 17.1 Å². The van der Waals surface area contributed by atoms with Gasteiger partial charge >= 0.3 is 0 Å². The maximum atomic E-state index is 11.4. The van der Waals surface area contributed by atoms with E-state index in [1.807, 2.05) is 18.2 Å². The van der Waals surface area contributed by atoms with Crippen LogP contribution in [0.1, 0.15) is 23.5 Å². The molecule has 7 heteroatoms. The number of nitrogens with zero attached hydrogens (tertiary/aromatic N) is 2. The number of nitro benzene ring substituents is 2. The second kappa shape index (κ2) is 5.55. The second-order valence-corrected chi connectivity index (χ2v) is 5.95. The molecule has 1 aliphatic heterocycles. The van der Waals surface area contributed by atoms with Crippen LogP contribution in [-0.4, -0.2) is 9.85 Å². The molecular weight excluding hydrogens is 322 g/mol. The Morgan fingerprint density at radius 3 is 2.44 bits per heavy atom. The number of nitrogens with one attached hydrogen (secondary N) is 1. The summed E-state index contributed by atoms with van der Waals surface area (Å²) in [6, 6.07) is 11.3. The van der Waals surface area contributed by atoms with Crippen molar-refractivity contribution in [2.75, 3.05) is 5.32 Å². The van der Waals surface area contributed by atoms with Gasteiger partial charge in [0.15, 0.2) is 0 Å². The Hall–Kier alpha value is -3.48. The highest BCUT2D eigenvalue weighted by molar-refractivity contribution is 5.90. The number of nitro groups is 2. The number of allylic oxidation sites excluding steroid dienone is 3. The second-order valence-electron chi connectivity index (χ2n) is 5.95. The van der Waals surface area contributed by atoms with Gasteiger partial charge in [0.25, 0.3) is 11.4 Å². The van der Waals surface area contributed by atoms with E-state index in [1.54, 1.807) is 18.2 Å². The van der Waals surface area contributed by atoms with Crippen LogP contribution in [0.2, 0.25) is 0 Å². The van der Waals surface area contributed by atoms with Crippen molar-refractivity contribution >= 4 is 22.8 Å². The van der Waals surface area contributed by atoms with Gasteiger partial charge in [-0.15, -0.1) is 0 Å². The van der Waals surface area contributed by atoms with Gasteiger partial charge in [0.05, 0.1) is 9.85 Å². The molecule has 4 rings (SSSR count). The van der Waals surface area contributed by atoms with Gasteiger partial charge in [-0.3, -0.25) is 20.2 Å². The molecule has 7 nitrogen and oxygen atoms in total. The number of hydrogen-bond donors (Lipinski definition) is 1. The summed E-state index contributed by atoms with van der Waals surface area (Å²) in [6.07, 6.45) is 4.83. The van der Waals surface area contributed by atoms with E-state index in [4.69, 9.17) is 0 Å².